The van der Waals surface area contributed by atoms with Gasteiger partial charge in [0.25, 0.3) is 0 Å². The van der Waals surface area contributed by atoms with Crippen LogP contribution in [0.3, 0.4) is 0 Å². The van der Waals surface area contributed by atoms with Gasteiger partial charge in [-0.15, -0.1) is 6.58 Å². The summed E-state index contributed by atoms with van der Waals surface area (Å²) in [5.74, 6) is 0.138. The lowest BCUT2D eigenvalue weighted by Gasteiger charge is -2.21. The van der Waals surface area contributed by atoms with Gasteiger partial charge in [0, 0.05) is 19.5 Å². The van der Waals surface area contributed by atoms with Gasteiger partial charge >= 0.3 is 6.61 Å². The fourth-order valence-corrected chi connectivity index (χ4v) is 2.46. The fraction of sp³-hybridized carbons (Fsp3) is 0.250. The van der Waals surface area contributed by atoms with Gasteiger partial charge in [0.15, 0.2) is 0 Å². The standard InChI is InChI=1S/C20H21F2NO2/c1-2-14-23(15-17-6-4-3-5-7-17)19(24)13-10-16-8-11-18(12-9-16)25-20(21)22/h2-9,11-12,20H,1,10,13-15H2. The predicted molar refractivity (Wildman–Crippen MR) is 93.5 cm³/mol. The number of benzene rings is 2. The summed E-state index contributed by atoms with van der Waals surface area (Å²) >= 11 is 0. The number of halogens is 2. The second kappa shape index (κ2) is 9.57. The largest absolute Gasteiger partial charge is 0.435 e. The van der Waals surface area contributed by atoms with Crippen LogP contribution >= 0.6 is 0 Å². The molecule has 0 saturated heterocycles. The van der Waals surface area contributed by atoms with Crippen LogP contribution in [-0.4, -0.2) is 24.0 Å². The Morgan fingerprint density at radius 1 is 1.08 bits per heavy atom. The normalized spacial score (nSPS) is 10.5. The zero-order valence-electron chi connectivity index (χ0n) is 13.9. The van der Waals surface area contributed by atoms with Gasteiger partial charge < -0.3 is 9.64 Å². The van der Waals surface area contributed by atoms with Crippen molar-refractivity contribution in [1.82, 2.24) is 4.90 Å². The molecule has 0 N–H and O–H groups in total. The van der Waals surface area contributed by atoms with E-state index in [1.54, 1.807) is 23.1 Å². The van der Waals surface area contributed by atoms with Crippen molar-refractivity contribution in [2.45, 2.75) is 26.0 Å². The van der Waals surface area contributed by atoms with E-state index < -0.39 is 6.61 Å². The molecule has 0 heterocycles. The van der Waals surface area contributed by atoms with Crippen LogP contribution < -0.4 is 4.74 Å². The van der Waals surface area contributed by atoms with Crippen molar-refractivity contribution >= 4 is 5.91 Å². The summed E-state index contributed by atoms with van der Waals surface area (Å²) in [4.78, 5) is 14.2. The third-order valence-corrected chi connectivity index (χ3v) is 3.69. The Bertz CT molecular complexity index is 672. The number of carbonyl (C=O) groups excluding carboxylic acids is 1. The summed E-state index contributed by atoms with van der Waals surface area (Å²) in [6.45, 7) is 1.89. The van der Waals surface area contributed by atoms with Crippen molar-refractivity contribution in [3.63, 3.8) is 0 Å². The van der Waals surface area contributed by atoms with Gasteiger partial charge in [-0.2, -0.15) is 8.78 Å². The maximum absolute atomic E-state index is 12.5. The van der Waals surface area contributed by atoms with Gasteiger partial charge in [-0.1, -0.05) is 48.5 Å². The molecular weight excluding hydrogens is 324 g/mol. The van der Waals surface area contributed by atoms with Crippen molar-refractivity contribution in [1.29, 1.82) is 0 Å². The molecule has 132 valence electrons. The van der Waals surface area contributed by atoms with E-state index in [1.165, 1.54) is 12.1 Å². The number of ether oxygens (including phenoxy) is 1. The van der Waals surface area contributed by atoms with Crippen LogP contribution in [0.5, 0.6) is 5.75 Å². The summed E-state index contributed by atoms with van der Waals surface area (Å²) < 4.78 is 28.6. The zero-order chi connectivity index (χ0) is 18.1. The Hall–Kier alpha value is -2.69. The Morgan fingerprint density at radius 3 is 2.36 bits per heavy atom. The summed E-state index contributed by atoms with van der Waals surface area (Å²) in [6, 6.07) is 16.1. The molecule has 0 aromatic heterocycles. The molecule has 0 bridgehead atoms. The van der Waals surface area contributed by atoms with Crippen LogP contribution in [0, 0.1) is 0 Å². The lowest BCUT2D eigenvalue weighted by atomic mass is 10.1. The molecule has 2 rings (SSSR count). The maximum atomic E-state index is 12.5. The predicted octanol–water partition coefficient (Wildman–Crippen LogP) is 4.44. The first-order valence-electron chi connectivity index (χ1n) is 8.05. The third kappa shape index (κ3) is 6.37. The Kier molecular flexibility index (Phi) is 7.14. The highest BCUT2D eigenvalue weighted by Crippen LogP contribution is 2.16. The summed E-state index contributed by atoms with van der Waals surface area (Å²) in [7, 11) is 0. The van der Waals surface area contributed by atoms with E-state index in [2.05, 4.69) is 11.3 Å². The fourth-order valence-electron chi connectivity index (χ4n) is 2.46. The summed E-state index contributed by atoms with van der Waals surface area (Å²) in [5, 5.41) is 0. The van der Waals surface area contributed by atoms with E-state index >= 15 is 0 Å². The third-order valence-electron chi connectivity index (χ3n) is 3.69. The van der Waals surface area contributed by atoms with Crippen molar-refractivity contribution in [3.8, 4) is 5.75 Å². The molecule has 3 nitrogen and oxygen atoms in total. The van der Waals surface area contributed by atoms with E-state index in [4.69, 9.17) is 0 Å². The molecule has 0 atom stereocenters. The van der Waals surface area contributed by atoms with Gasteiger partial charge in [0.05, 0.1) is 0 Å². The van der Waals surface area contributed by atoms with Crippen molar-refractivity contribution in [2.75, 3.05) is 6.54 Å². The molecule has 0 radical (unpaired) electrons. The van der Waals surface area contributed by atoms with Crippen LogP contribution in [-0.2, 0) is 17.8 Å². The van der Waals surface area contributed by atoms with Crippen LogP contribution in [0.25, 0.3) is 0 Å². The smallest absolute Gasteiger partial charge is 0.387 e. The molecule has 2 aromatic rings. The molecule has 5 heteroatoms. The van der Waals surface area contributed by atoms with Gasteiger partial charge in [-0.3, -0.25) is 4.79 Å². The number of hydrogen-bond acceptors (Lipinski definition) is 2. The number of nitrogens with zero attached hydrogens (tertiary/aromatic N) is 1. The topological polar surface area (TPSA) is 29.5 Å². The molecule has 0 saturated carbocycles. The summed E-state index contributed by atoms with van der Waals surface area (Å²) in [5.41, 5.74) is 1.96. The Labute approximate surface area is 146 Å². The minimum absolute atomic E-state index is 0.0247. The lowest BCUT2D eigenvalue weighted by molar-refractivity contribution is -0.131. The van der Waals surface area contributed by atoms with Gasteiger partial charge in [0.2, 0.25) is 5.91 Å². The maximum Gasteiger partial charge on any atom is 0.387 e. The molecule has 0 spiro atoms. The number of alkyl halides is 2. The van der Waals surface area contributed by atoms with Crippen LogP contribution in [0.4, 0.5) is 8.78 Å². The van der Waals surface area contributed by atoms with Crippen LogP contribution in [0.1, 0.15) is 17.5 Å². The average molecular weight is 345 g/mol. The van der Waals surface area contributed by atoms with Gasteiger partial charge in [-0.05, 0) is 29.7 Å². The highest BCUT2D eigenvalue weighted by Gasteiger charge is 2.13. The van der Waals surface area contributed by atoms with Crippen LogP contribution in [0.15, 0.2) is 67.3 Å². The second-order valence-electron chi connectivity index (χ2n) is 5.57. The molecule has 0 aliphatic carbocycles. The first-order chi connectivity index (χ1) is 12.1. The molecular formula is C20H21F2NO2. The molecule has 25 heavy (non-hydrogen) atoms. The van der Waals surface area contributed by atoms with E-state index in [-0.39, 0.29) is 11.7 Å². The number of hydrogen-bond donors (Lipinski definition) is 0. The molecule has 2 aromatic carbocycles. The zero-order valence-corrected chi connectivity index (χ0v) is 13.9. The second-order valence-corrected chi connectivity index (χ2v) is 5.57. The van der Waals surface area contributed by atoms with E-state index in [9.17, 15) is 13.6 Å². The van der Waals surface area contributed by atoms with Gasteiger partial charge in [0.1, 0.15) is 5.75 Å². The number of carbonyl (C=O) groups is 1. The average Bonchev–Trinajstić information content (AvgIpc) is 2.61. The van der Waals surface area contributed by atoms with Gasteiger partial charge in [-0.25, -0.2) is 0 Å². The molecule has 0 unspecified atom stereocenters. The summed E-state index contributed by atoms with van der Waals surface area (Å²) in [6.07, 6.45) is 2.59. The number of rotatable bonds is 9. The number of aryl methyl sites for hydroxylation is 1. The molecule has 0 aliphatic rings. The lowest BCUT2D eigenvalue weighted by Crippen LogP contribution is -2.30. The monoisotopic (exact) mass is 345 g/mol. The molecule has 0 aliphatic heterocycles. The first-order valence-corrected chi connectivity index (χ1v) is 8.05. The van der Waals surface area contributed by atoms with E-state index in [0.717, 1.165) is 11.1 Å². The van der Waals surface area contributed by atoms with Crippen molar-refractivity contribution in [2.24, 2.45) is 0 Å². The minimum Gasteiger partial charge on any atom is -0.435 e. The van der Waals surface area contributed by atoms with Crippen LogP contribution in [0.2, 0.25) is 0 Å². The highest BCUT2D eigenvalue weighted by molar-refractivity contribution is 5.76. The highest BCUT2D eigenvalue weighted by atomic mass is 19.3. The van der Waals surface area contributed by atoms with E-state index in [0.29, 0.717) is 25.9 Å². The quantitative estimate of drug-likeness (QED) is 0.629. The Balaban J connectivity index is 1.90. The molecule has 0 fully saturated rings. The number of amides is 1. The SMILES string of the molecule is C=CCN(Cc1ccccc1)C(=O)CCc1ccc(OC(F)F)cc1. The first kappa shape index (κ1) is 18.6. The van der Waals surface area contributed by atoms with Crippen molar-refractivity contribution < 1.29 is 18.3 Å². The molecule has 1 amide bonds. The Morgan fingerprint density at radius 2 is 1.76 bits per heavy atom. The van der Waals surface area contributed by atoms with E-state index in [1.807, 2.05) is 30.3 Å². The minimum atomic E-state index is -2.84. The van der Waals surface area contributed by atoms with Crippen molar-refractivity contribution in [3.05, 3.63) is 78.4 Å².